The number of halogens is 1. The summed E-state index contributed by atoms with van der Waals surface area (Å²) in [6.07, 6.45) is 0.492. The highest BCUT2D eigenvalue weighted by atomic mass is 35.5. The minimum absolute atomic E-state index is 0.0219. The van der Waals surface area contributed by atoms with Crippen LogP contribution in [-0.4, -0.2) is 80.9 Å². The molecule has 3 rings (SSSR count). The standard InChI is InChI=1S/C19H23ClN2O7/c1-26-14-5-4-12(15(20)16(14)27-2)17(23)21-8-6-11(7-9-21)22-13(18(24)28-3)10-29-19(22)25/h4-5,11,13H,6-10H2,1-3H3/t13-/m1/s1. The highest BCUT2D eigenvalue weighted by Crippen LogP contribution is 2.38. The molecule has 1 aromatic carbocycles. The number of benzene rings is 1. The Hall–Kier alpha value is -2.68. The minimum atomic E-state index is -0.750. The van der Waals surface area contributed by atoms with Crippen molar-refractivity contribution in [3.63, 3.8) is 0 Å². The van der Waals surface area contributed by atoms with Crippen molar-refractivity contribution in [1.29, 1.82) is 0 Å². The van der Waals surface area contributed by atoms with Crippen LogP contribution in [-0.2, 0) is 14.3 Å². The molecule has 0 unspecified atom stereocenters. The predicted octanol–water partition coefficient (Wildman–Crippen LogP) is 1.96. The number of piperidine rings is 1. The third kappa shape index (κ3) is 3.91. The van der Waals surface area contributed by atoms with Gasteiger partial charge in [0.25, 0.3) is 5.91 Å². The van der Waals surface area contributed by atoms with E-state index < -0.39 is 18.1 Å². The maximum atomic E-state index is 13.0. The molecule has 9 nitrogen and oxygen atoms in total. The molecular formula is C19H23ClN2O7. The Morgan fingerprint density at radius 3 is 2.41 bits per heavy atom. The van der Waals surface area contributed by atoms with Gasteiger partial charge in [-0.2, -0.15) is 0 Å². The van der Waals surface area contributed by atoms with E-state index in [0.29, 0.717) is 43.0 Å². The number of esters is 1. The van der Waals surface area contributed by atoms with E-state index in [1.165, 1.54) is 26.2 Å². The number of carbonyl (C=O) groups excluding carboxylic acids is 3. The molecule has 0 radical (unpaired) electrons. The van der Waals surface area contributed by atoms with Crippen LogP contribution in [0, 0.1) is 0 Å². The Kier molecular flexibility index (Phi) is 6.36. The number of carbonyl (C=O) groups is 3. The van der Waals surface area contributed by atoms with E-state index >= 15 is 0 Å². The van der Waals surface area contributed by atoms with E-state index in [0.717, 1.165) is 0 Å². The number of methoxy groups -OCH3 is 3. The molecule has 29 heavy (non-hydrogen) atoms. The molecule has 10 heteroatoms. The maximum Gasteiger partial charge on any atom is 0.410 e. The second-order valence-corrected chi connectivity index (χ2v) is 7.09. The zero-order valence-electron chi connectivity index (χ0n) is 16.5. The molecule has 2 saturated heterocycles. The number of hydrogen-bond acceptors (Lipinski definition) is 7. The minimum Gasteiger partial charge on any atom is -0.493 e. The van der Waals surface area contributed by atoms with Gasteiger partial charge in [0.1, 0.15) is 6.61 Å². The third-order valence-electron chi connectivity index (χ3n) is 5.25. The van der Waals surface area contributed by atoms with Gasteiger partial charge in [-0.25, -0.2) is 9.59 Å². The zero-order chi connectivity index (χ0) is 21.1. The number of ether oxygens (including phenoxy) is 4. The fourth-order valence-corrected chi connectivity index (χ4v) is 4.04. The fourth-order valence-electron chi connectivity index (χ4n) is 3.73. The topological polar surface area (TPSA) is 94.6 Å². The second kappa shape index (κ2) is 8.77. The number of cyclic esters (lactones) is 1. The van der Waals surface area contributed by atoms with Crippen molar-refractivity contribution >= 4 is 29.6 Å². The highest BCUT2D eigenvalue weighted by Gasteiger charge is 2.44. The van der Waals surface area contributed by atoms with Gasteiger partial charge < -0.3 is 23.8 Å². The SMILES string of the molecule is COC(=O)[C@H]1COC(=O)N1C1CCN(C(=O)c2ccc(OC)c(OC)c2Cl)CC1. The summed E-state index contributed by atoms with van der Waals surface area (Å²) in [7, 11) is 4.22. The Morgan fingerprint density at radius 1 is 1.14 bits per heavy atom. The predicted molar refractivity (Wildman–Crippen MR) is 102 cm³/mol. The molecule has 2 fully saturated rings. The molecule has 1 aromatic rings. The molecule has 2 aliphatic heterocycles. The third-order valence-corrected chi connectivity index (χ3v) is 5.62. The molecule has 0 spiro atoms. The smallest absolute Gasteiger partial charge is 0.410 e. The largest absolute Gasteiger partial charge is 0.493 e. The summed E-state index contributed by atoms with van der Waals surface area (Å²) < 4.78 is 20.2. The quantitative estimate of drug-likeness (QED) is 0.664. The summed E-state index contributed by atoms with van der Waals surface area (Å²) in [5.41, 5.74) is 0.316. The van der Waals surface area contributed by atoms with Crippen LogP contribution in [0.15, 0.2) is 12.1 Å². The van der Waals surface area contributed by atoms with Crippen molar-refractivity contribution in [1.82, 2.24) is 9.80 Å². The number of amides is 2. The molecule has 0 aromatic heterocycles. The van der Waals surface area contributed by atoms with Crippen LogP contribution >= 0.6 is 11.6 Å². The average molecular weight is 427 g/mol. The second-order valence-electron chi connectivity index (χ2n) is 6.71. The van der Waals surface area contributed by atoms with E-state index in [9.17, 15) is 14.4 Å². The van der Waals surface area contributed by atoms with Crippen molar-refractivity contribution in [2.75, 3.05) is 41.0 Å². The van der Waals surface area contributed by atoms with Crippen LogP contribution in [0.1, 0.15) is 23.2 Å². The molecular weight excluding hydrogens is 404 g/mol. The Balaban J connectivity index is 1.70. The van der Waals surface area contributed by atoms with Crippen LogP contribution in [0.5, 0.6) is 11.5 Å². The Morgan fingerprint density at radius 2 is 1.83 bits per heavy atom. The number of nitrogens with zero attached hydrogens (tertiary/aromatic N) is 2. The van der Waals surface area contributed by atoms with Crippen molar-refractivity contribution in [3.8, 4) is 11.5 Å². The zero-order valence-corrected chi connectivity index (χ0v) is 17.2. The fraction of sp³-hybridized carbons (Fsp3) is 0.526. The normalized spacial score (nSPS) is 19.7. The van der Waals surface area contributed by atoms with E-state index in [-0.39, 0.29) is 23.6 Å². The molecule has 0 bridgehead atoms. The van der Waals surface area contributed by atoms with E-state index in [4.69, 9.17) is 30.5 Å². The summed E-state index contributed by atoms with van der Waals surface area (Å²) in [6, 6.07) is 2.27. The first-order chi connectivity index (χ1) is 13.9. The van der Waals surface area contributed by atoms with Gasteiger partial charge >= 0.3 is 12.1 Å². The lowest BCUT2D eigenvalue weighted by Gasteiger charge is -2.37. The van der Waals surface area contributed by atoms with Crippen LogP contribution in [0.4, 0.5) is 4.79 Å². The molecule has 1 atom stereocenters. The van der Waals surface area contributed by atoms with Crippen molar-refractivity contribution in [3.05, 3.63) is 22.7 Å². The molecule has 0 saturated carbocycles. The monoisotopic (exact) mass is 426 g/mol. The number of rotatable bonds is 5. The first kappa shape index (κ1) is 21.0. The van der Waals surface area contributed by atoms with Crippen LogP contribution in [0.25, 0.3) is 0 Å². The maximum absolute atomic E-state index is 13.0. The summed E-state index contributed by atoms with van der Waals surface area (Å²) in [5.74, 6) is -0.000763. The molecule has 0 aliphatic carbocycles. The molecule has 0 N–H and O–H groups in total. The summed E-state index contributed by atoms with van der Waals surface area (Å²) in [4.78, 5) is 40.1. The lowest BCUT2D eigenvalue weighted by Crippen LogP contribution is -2.52. The lowest BCUT2D eigenvalue weighted by atomic mass is 10.0. The van der Waals surface area contributed by atoms with Gasteiger partial charge in [0.2, 0.25) is 0 Å². The number of likely N-dealkylation sites (tertiary alicyclic amines) is 1. The molecule has 2 heterocycles. The Labute approximate surface area is 173 Å². The van der Waals surface area contributed by atoms with Gasteiger partial charge in [-0.3, -0.25) is 9.69 Å². The lowest BCUT2D eigenvalue weighted by molar-refractivity contribution is -0.145. The Bertz CT molecular complexity index is 808. The summed E-state index contributed by atoms with van der Waals surface area (Å²) in [5, 5.41) is 0.188. The van der Waals surface area contributed by atoms with Crippen LogP contribution in [0.3, 0.4) is 0 Å². The van der Waals surface area contributed by atoms with E-state index in [2.05, 4.69) is 0 Å². The van der Waals surface area contributed by atoms with E-state index in [1.807, 2.05) is 0 Å². The average Bonchev–Trinajstić information content (AvgIpc) is 3.13. The van der Waals surface area contributed by atoms with Crippen LogP contribution in [0.2, 0.25) is 5.02 Å². The summed E-state index contributed by atoms with van der Waals surface area (Å²) in [6.45, 7) is 0.795. The molecule has 2 aliphatic rings. The van der Waals surface area contributed by atoms with Gasteiger partial charge in [-0.15, -0.1) is 0 Å². The van der Waals surface area contributed by atoms with Crippen LogP contribution < -0.4 is 9.47 Å². The number of hydrogen-bond donors (Lipinski definition) is 0. The first-order valence-corrected chi connectivity index (χ1v) is 9.53. The summed E-state index contributed by atoms with van der Waals surface area (Å²) >= 11 is 6.35. The van der Waals surface area contributed by atoms with Gasteiger partial charge in [-0.1, -0.05) is 11.6 Å². The van der Waals surface area contributed by atoms with Crippen molar-refractivity contribution < 1.29 is 33.3 Å². The van der Waals surface area contributed by atoms with Gasteiger partial charge in [0, 0.05) is 19.1 Å². The first-order valence-electron chi connectivity index (χ1n) is 9.15. The van der Waals surface area contributed by atoms with E-state index in [1.54, 1.807) is 17.0 Å². The van der Waals surface area contributed by atoms with Crippen molar-refractivity contribution in [2.45, 2.75) is 24.9 Å². The molecule has 158 valence electrons. The molecule has 2 amide bonds. The van der Waals surface area contributed by atoms with Crippen molar-refractivity contribution in [2.24, 2.45) is 0 Å². The highest BCUT2D eigenvalue weighted by molar-refractivity contribution is 6.35. The van der Waals surface area contributed by atoms with Gasteiger partial charge in [-0.05, 0) is 25.0 Å². The van der Waals surface area contributed by atoms with Gasteiger partial charge in [0.15, 0.2) is 17.5 Å². The van der Waals surface area contributed by atoms with Gasteiger partial charge in [0.05, 0.1) is 31.9 Å².